The molecule has 4 rings (SSSR count). The quantitative estimate of drug-likeness (QED) is 0.350. The van der Waals surface area contributed by atoms with Crippen LogP contribution in [-0.2, 0) is 20.0 Å². The monoisotopic (exact) mass is 627 g/mol. The molecule has 0 bridgehead atoms. The molecule has 0 aromatic heterocycles. The fourth-order valence-electron chi connectivity index (χ4n) is 3.85. The van der Waals surface area contributed by atoms with Gasteiger partial charge in [0.25, 0.3) is 0 Å². The summed E-state index contributed by atoms with van der Waals surface area (Å²) in [6.07, 6.45) is 8.63. The van der Waals surface area contributed by atoms with Crippen LogP contribution >= 0.6 is 0 Å². The molecule has 1 N–H and O–H groups in total. The Bertz CT molecular complexity index is 1190. The van der Waals surface area contributed by atoms with Gasteiger partial charge in [-0.15, -0.1) is 6.42 Å². The van der Waals surface area contributed by atoms with Gasteiger partial charge in [0.05, 0.1) is 8.07 Å². The number of aryl methyl sites for hydroxylation is 1. The molecule has 1 aliphatic carbocycles. The van der Waals surface area contributed by atoms with E-state index in [1.54, 1.807) is 0 Å². The third kappa shape index (κ3) is 11.7. The van der Waals surface area contributed by atoms with Crippen molar-refractivity contribution in [1.82, 2.24) is 0 Å². The topological polar surface area (TPSA) is 20.2 Å². The maximum atomic E-state index is 9.65. The summed E-state index contributed by atoms with van der Waals surface area (Å²) in [7, 11) is -1.50. The van der Waals surface area contributed by atoms with E-state index in [1.165, 1.54) is 25.7 Å². The van der Waals surface area contributed by atoms with Crippen LogP contribution in [0.25, 0.3) is 0 Å². The first-order chi connectivity index (χ1) is 17.6. The van der Waals surface area contributed by atoms with E-state index in [1.807, 2.05) is 31.2 Å². The van der Waals surface area contributed by atoms with Gasteiger partial charge in [0.1, 0.15) is 5.75 Å². The first kappa shape index (κ1) is 38.3. The van der Waals surface area contributed by atoms with Gasteiger partial charge < -0.3 is 29.9 Å². The number of halogens is 2. The van der Waals surface area contributed by atoms with Crippen molar-refractivity contribution in [1.29, 1.82) is 0 Å². The predicted molar refractivity (Wildman–Crippen MR) is 166 cm³/mol. The average Bonchev–Trinajstić information content (AvgIpc) is 3.40. The van der Waals surface area contributed by atoms with Crippen LogP contribution < -0.4 is 30.0 Å². The number of aromatic hydroxyl groups is 1. The van der Waals surface area contributed by atoms with E-state index in [9.17, 15) is 5.11 Å². The number of phenolic OH excluding ortho intramolecular Hbond substituents is 1. The van der Waals surface area contributed by atoms with Crippen LogP contribution in [0.5, 0.6) is 5.75 Å². The van der Waals surface area contributed by atoms with Crippen molar-refractivity contribution in [3.8, 4) is 5.75 Å². The second-order valence-electron chi connectivity index (χ2n) is 12.5. The Morgan fingerprint density at radius 2 is 1.27 bits per heavy atom. The van der Waals surface area contributed by atoms with Crippen LogP contribution in [0.2, 0.25) is 18.1 Å². The van der Waals surface area contributed by atoms with E-state index in [2.05, 4.69) is 147 Å². The van der Waals surface area contributed by atoms with E-state index in [-0.39, 0.29) is 24.8 Å². The van der Waals surface area contributed by atoms with Gasteiger partial charge in [-0.25, -0.2) is 11.6 Å². The number of benzene rings is 3. The van der Waals surface area contributed by atoms with Crippen molar-refractivity contribution >= 4 is 17.1 Å². The van der Waals surface area contributed by atoms with E-state index in [4.69, 9.17) is 0 Å². The molecule has 0 spiro atoms. The van der Waals surface area contributed by atoms with Gasteiger partial charge in [0, 0.05) is 0 Å². The molecule has 0 saturated carbocycles. The van der Waals surface area contributed by atoms with Crippen molar-refractivity contribution in [3.05, 3.63) is 119 Å². The van der Waals surface area contributed by atoms with Crippen molar-refractivity contribution in [2.75, 3.05) is 0 Å². The fraction of sp³-hybridized carbons (Fsp3) is 0.343. The van der Waals surface area contributed by atoms with Crippen LogP contribution in [-0.4, -0.2) is 17.0 Å². The molecule has 1 nitrogen and oxygen atoms in total. The number of allylic oxidation sites excluding steroid dienone is 4. The van der Waals surface area contributed by atoms with Gasteiger partial charge in [-0.05, 0) is 35.1 Å². The molecule has 0 atom stereocenters. The Balaban J connectivity index is 0.000000572. The number of hydrogen-bond acceptors (Lipinski definition) is 1. The standard InChI is InChI=1S/C13H22OSi.C13H10.C9H13.2ClH.Ti/c1-10-7-11(14)9-12(8-10)15(5,6)13(2,3)4;1-3-7-12(8-4-1)11-13-9-5-2-6-10-13;1-9(2,3)8-6-4-5-7-8;;;/h7-9,14H,1-6H3;1-10H;4,6H,5H2,1-3H3;2*1H;/q;;-1;;;+1/p-2. The molecular weight excluding hydrogens is 583 g/mol. The minimum absolute atomic E-state index is 0. The summed E-state index contributed by atoms with van der Waals surface area (Å²) in [6.45, 7) is 20.3. The normalized spacial score (nSPS) is 12.4. The Kier molecular flexibility index (Phi) is 16.0. The summed E-state index contributed by atoms with van der Waals surface area (Å²) in [5, 5.41) is 11.3. The third-order valence-electron chi connectivity index (χ3n) is 7.29. The number of phenols is 1. The van der Waals surface area contributed by atoms with Gasteiger partial charge in [-0.3, -0.25) is 6.08 Å². The molecule has 215 valence electrons. The fourth-order valence-corrected chi connectivity index (χ4v) is 6.34. The van der Waals surface area contributed by atoms with E-state index < -0.39 is 8.07 Å². The van der Waals surface area contributed by atoms with Gasteiger partial charge in [-0.1, -0.05) is 65.9 Å². The first-order valence-electron chi connectivity index (χ1n) is 13.4. The molecule has 0 heterocycles. The molecule has 3 aromatic rings. The van der Waals surface area contributed by atoms with E-state index >= 15 is 0 Å². The molecule has 40 heavy (non-hydrogen) atoms. The average molecular weight is 629 g/mol. The second-order valence-corrected chi connectivity index (χ2v) is 18.6. The first-order valence-corrected chi connectivity index (χ1v) is 17.2. The second kappa shape index (κ2) is 16.7. The predicted octanol–water partition coefficient (Wildman–Crippen LogP) is 2.95. The summed E-state index contributed by atoms with van der Waals surface area (Å²) in [5.74, 6) is 0.398. The van der Waals surface area contributed by atoms with Crippen LogP contribution in [0, 0.1) is 18.4 Å². The van der Waals surface area contributed by atoms with Gasteiger partial charge >= 0.3 is 95.6 Å². The van der Waals surface area contributed by atoms with Crippen LogP contribution in [0.4, 0.5) is 0 Å². The zero-order valence-corrected chi connectivity index (χ0v) is 29.6. The van der Waals surface area contributed by atoms with E-state index in [0.29, 0.717) is 16.2 Å². The molecule has 0 amide bonds. The summed E-state index contributed by atoms with van der Waals surface area (Å²) in [5.41, 5.74) is 5.38. The van der Waals surface area contributed by atoms with Crippen LogP contribution in [0.1, 0.15) is 64.7 Å². The number of rotatable bonds is 3. The summed E-state index contributed by atoms with van der Waals surface area (Å²) >= 11 is 2.16. The van der Waals surface area contributed by atoms with Gasteiger partial charge in [0.15, 0.2) is 0 Å². The van der Waals surface area contributed by atoms with Crippen molar-refractivity contribution in [3.63, 3.8) is 0 Å². The maximum absolute atomic E-state index is 9.65. The molecule has 0 aliphatic heterocycles. The minimum atomic E-state index is -1.50. The Hall–Kier alpha value is -1.68. The molecular formula is C35H45Cl2OSiTi-2. The summed E-state index contributed by atoms with van der Waals surface area (Å²) in [4.78, 5) is 0. The van der Waals surface area contributed by atoms with Crippen molar-refractivity contribution in [2.45, 2.75) is 73.0 Å². The summed E-state index contributed by atoms with van der Waals surface area (Å²) in [6, 6.07) is 26.9. The molecule has 5 heteroatoms. The van der Waals surface area contributed by atoms with Crippen molar-refractivity contribution in [2.24, 2.45) is 5.41 Å². The molecule has 0 radical (unpaired) electrons. The van der Waals surface area contributed by atoms with Gasteiger partial charge in [0.2, 0.25) is 0 Å². The molecule has 1 aliphatic rings. The Morgan fingerprint density at radius 3 is 1.60 bits per heavy atom. The Morgan fingerprint density at radius 1 is 0.800 bits per heavy atom. The van der Waals surface area contributed by atoms with Gasteiger partial charge in [-0.2, -0.15) is 6.08 Å². The van der Waals surface area contributed by atoms with Crippen molar-refractivity contribution < 1.29 is 49.9 Å². The number of hydrogen-bond donors (Lipinski definition) is 1. The Labute approximate surface area is 269 Å². The summed E-state index contributed by atoms with van der Waals surface area (Å²) < 4.78 is 1.33. The zero-order valence-electron chi connectivity index (χ0n) is 25.6. The molecule has 0 saturated heterocycles. The third-order valence-corrected chi connectivity index (χ3v) is 13.7. The zero-order chi connectivity index (χ0) is 28.6. The molecule has 3 aromatic carbocycles. The SMILES string of the molecule is CC(C)(C)C1=[C-]CC=C1.Cc1cc(O)cc([Si](C)(C)C(C)(C)C)c1.[Cl-].[Cl-].[Ti+]=[C](c1ccccc1)c1ccccc1. The van der Waals surface area contributed by atoms with Crippen LogP contribution in [0.15, 0.2) is 96.6 Å². The molecule has 0 unspecified atom stereocenters. The molecule has 0 fully saturated rings. The van der Waals surface area contributed by atoms with E-state index in [0.717, 1.165) is 12.0 Å². The van der Waals surface area contributed by atoms with Crippen LogP contribution in [0.3, 0.4) is 0 Å².